The average molecular weight is 695 g/mol. The standard InChI is InChI=1S/C51H38N2O/c1-51(2)44-23-9-10-24-46(44)53-47-25-11-12-26-48(47)54-50-43(31-32-45(51)49(50)53)39-19-13-17-37(33-39)38-18-14-22-42(34-38)52(40-20-7-4-8-21-40)41-29-27-36(28-30-41)35-15-5-3-6-16-35/h3-34H,1-2H3. The van der Waals surface area contributed by atoms with Gasteiger partial charge in [-0.2, -0.15) is 0 Å². The molecule has 0 spiro atoms. The van der Waals surface area contributed by atoms with E-state index in [0.717, 1.165) is 62.2 Å². The number of fused-ring (bicyclic) bond motifs is 4. The summed E-state index contributed by atoms with van der Waals surface area (Å²) in [4.78, 5) is 4.74. The summed E-state index contributed by atoms with van der Waals surface area (Å²) in [6.45, 7) is 4.64. The van der Waals surface area contributed by atoms with Crippen LogP contribution in [0, 0.1) is 0 Å². The van der Waals surface area contributed by atoms with Crippen molar-refractivity contribution in [1.29, 1.82) is 0 Å². The lowest BCUT2D eigenvalue weighted by molar-refractivity contribution is 0.473. The molecule has 10 rings (SSSR count). The first-order chi connectivity index (χ1) is 26.5. The number of para-hydroxylation sites is 4. The van der Waals surface area contributed by atoms with Gasteiger partial charge in [0.2, 0.25) is 0 Å². The third-order valence-corrected chi connectivity index (χ3v) is 11.0. The summed E-state index contributed by atoms with van der Waals surface area (Å²) >= 11 is 0. The second kappa shape index (κ2) is 12.7. The number of rotatable bonds is 6. The van der Waals surface area contributed by atoms with E-state index in [1.807, 2.05) is 0 Å². The van der Waals surface area contributed by atoms with Gasteiger partial charge in [0.1, 0.15) is 0 Å². The van der Waals surface area contributed by atoms with E-state index < -0.39 is 0 Å². The minimum absolute atomic E-state index is 0.194. The zero-order valence-corrected chi connectivity index (χ0v) is 30.3. The summed E-state index contributed by atoms with van der Waals surface area (Å²) in [7, 11) is 0. The lowest BCUT2D eigenvalue weighted by Crippen LogP contribution is -2.32. The van der Waals surface area contributed by atoms with Crippen molar-refractivity contribution in [3.8, 4) is 44.9 Å². The molecule has 0 saturated heterocycles. The molecule has 0 saturated carbocycles. The molecule has 0 unspecified atom stereocenters. The van der Waals surface area contributed by atoms with E-state index in [2.05, 4.69) is 218 Å². The molecule has 3 nitrogen and oxygen atoms in total. The minimum Gasteiger partial charge on any atom is -0.452 e. The van der Waals surface area contributed by atoms with E-state index in [-0.39, 0.29) is 5.41 Å². The van der Waals surface area contributed by atoms with E-state index in [9.17, 15) is 0 Å². The van der Waals surface area contributed by atoms with E-state index in [0.29, 0.717) is 0 Å². The fraction of sp³-hybridized carbons (Fsp3) is 0.0588. The molecule has 0 aliphatic carbocycles. The van der Waals surface area contributed by atoms with Crippen LogP contribution in [0.15, 0.2) is 194 Å². The molecule has 0 fully saturated rings. The first-order valence-electron chi connectivity index (χ1n) is 18.6. The third-order valence-electron chi connectivity index (χ3n) is 11.0. The first kappa shape index (κ1) is 31.9. The van der Waals surface area contributed by atoms with Crippen molar-refractivity contribution in [1.82, 2.24) is 0 Å². The molecule has 0 atom stereocenters. The van der Waals surface area contributed by atoms with Crippen LogP contribution in [0.4, 0.5) is 34.1 Å². The molecule has 2 aliphatic heterocycles. The number of hydrogen-bond donors (Lipinski definition) is 0. The second-order valence-electron chi connectivity index (χ2n) is 14.6. The fourth-order valence-corrected chi connectivity index (χ4v) is 8.33. The normalized spacial score (nSPS) is 13.3. The lowest BCUT2D eigenvalue weighted by Gasteiger charge is -2.45. The molecule has 54 heavy (non-hydrogen) atoms. The summed E-state index contributed by atoms with van der Waals surface area (Å²) in [5.74, 6) is 1.76. The summed E-state index contributed by atoms with van der Waals surface area (Å²) in [6.07, 6.45) is 0. The Morgan fingerprint density at radius 3 is 1.80 bits per heavy atom. The number of benzene rings is 8. The molecule has 8 aromatic rings. The Morgan fingerprint density at radius 2 is 1.00 bits per heavy atom. The Labute approximate surface area is 317 Å². The highest BCUT2D eigenvalue weighted by Gasteiger charge is 2.42. The maximum absolute atomic E-state index is 6.90. The van der Waals surface area contributed by atoms with Crippen molar-refractivity contribution in [3.05, 3.63) is 205 Å². The molecular formula is C51H38N2O. The topological polar surface area (TPSA) is 15.7 Å². The number of nitrogens with zero attached hydrogens (tertiary/aromatic N) is 2. The number of anilines is 6. The van der Waals surface area contributed by atoms with E-state index in [1.165, 1.54) is 27.9 Å². The zero-order chi connectivity index (χ0) is 36.2. The molecule has 0 amide bonds. The molecule has 8 aromatic carbocycles. The molecule has 0 N–H and O–H groups in total. The third kappa shape index (κ3) is 5.20. The van der Waals surface area contributed by atoms with Crippen LogP contribution in [0.25, 0.3) is 33.4 Å². The van der Waals surface area contributed by atoms with Crippen molar-refractivity contribution in [2.75, 3.05) is 9.80 Å². The van der Waals surface area contributed by atoms with Crippen molar-refractivity contribution < 1.29 is 4.74 Å². The summed E-state index contributed by atoms with van der Waals surface area (Å²) in [5.41, 5.74) is 16.0. The lowest BCUT2D eigenvalue weighted by atomic mass is 9.72. The van der Waals surface area contributed by atoms with Crippen LogP contribution in [0.1, 0.15) is 25.0 Å². The van der Waals surface area contributed by atoms with Gasteiger partial charge in [-0.05, 0) is 99.6 Å². The summed E-state index contributed by atoms with van der Waals surface area (Å²) < 4.78 is 6.90. The zero-order valence-electron chi connectivity index (χ0n) is 30.3. The van der Waals surface area contributed by atoms with Crippen molar-refractivity contribution in [2.45, 2.75) is 19.3 Å². The molecule has 2 heterocycles. The van der Waals surface area contributed by atoms with Crippen molar-refractivity contribution in [2.24, 2.45) is 0 Å². The van der Waals surface area contributed by atoms with E-state index >= 15 is 0 Å². The Bertz CT molecular complexity index is 2660. The van der Waals surface area contributed by atoms with Crippen molar-refractivity contribution in [3.63, 3.8) is 0 Å². The van der Waals surface area contributed by atoms with Crippen molar-refractivity contribution >= 4 is 34.1 Å². The smallest absolute Gasteiger partial charge is 0.159 e. The highest BCUT2D eigenvalue weighted by atomic mass is 16.5. The maximum atomic E-state index is 6.90. The van der Waals surface area contributed by atoms with Gasteiger partial charge in [0, 0.05) is 28.0 Å². The van der Waals surface area contributed by atoms with Gasteiger partial charge >= 0.3 is 0 Å². The van der Waals surface area contributed by atoms with Gasteiger partial charge in [-0.3, -0.25) is 0 Å². The fourth-order valence-electron chi connectivity index (χ4n) is 8.33. The molecule has 258 valence electrons. The minimum atomic E-state index is -0.194. The van der Waals surface area contributed by atoms with Crippen LogP contribution < -0.4 is 14.5 Å². The van der Waals surface area contributed by atoms with Crippen LogP contribution in [-0.2, 0) is 5.41 Å². The van der Waals surface area contributed by atoms with E-state index in [1.54, 1.807) is 0 Å². The molecule has 0 aromatic heterocycles. The van der Waals surface area contributed by atoms with Crippen LogP contribution in [-0.4, -0.2) is 0 Å². The Morgan fingerprint density at radius 1 is 0.426 bits per heavy atom. The SMILES string of the molecule is CC1(C)c2ccccc2N2c3ccccc3Oc3c(-c4cccc(-c5cccc(N(c6ccccc6)c6ccc(-c7ccccc7)cc6)c5)c4)ccc1c32. The van der Waals surface area contributed by atoms with Crippen LogP contribution in [0.2, 0.25) is 0 Å². The predicted molar refractivity (Wildman–Crippen MR) is 224 cm³/mol. The Hall–Kier alpha value is -6.84. The van der Waals surface area contributed by atoms with Crippen LogP contribution >= 0.6 is 0 Å². The van der Waals surface area contributed by atoms with Gasteiger partial charge in [0.05, 0.1) is 17.1 Å². The summed E-state index contributed by atoms with van der Waals surface area (Å²) in [5, 5.41) is 0. The van der Waals surface area contributed by atoms with Gasteiger partial charge in [-0.1, -0.05) is 147 Å². The number of hydrogen-bond acceptors (Lipinski definition) is 3. The van der Waals surface area contributed by atoms with Gasteiger partial charge in [0.25, 0.3) is 0 Å². The van der Waals surface area contributed by atoms with Crippen LogP contribution in [0.3, 0.4) is 0 Å². The van der Waals surface area contributed by atoms with Gasteiger partial charge in [-0.25, -0.2) is 0 Å². The Balaban J connectivity index is 1.07. The van der Waals surface area contributed by atoms with Gasteiger partial charge in [0.15, 0.2) is 11.5 Å². The Kier molecular flexibility index (Phi) is 7.48. The first-order valence-corrected chi connectivity index (χ1v) is 18.6. The largest absolute Gasteiger partial charge is 0.452 e. The predicted octanol–water partition coefficient (Wildman–Crippen LogP) is 14.4. The molecule has 0 bridgehead atoms. The molecular weight excluding hydrogens is 657 g/mol. The monoisotopic (exact) mass is 694 g/mol. The molecule has 0 radical (unpaired) electrons. The average Bonchev–Trinajstić information content (AvgIpc) is 3.23. The second-order valence-corrected chi connectivity index (χ2v) is 14.6. The highest BCUT2D eigenvalue weighted by Crippen LogP contribution is 2.61. The summed E-state index contributed by atoms with van der Waals surface area (Å²) in [6, 6.07) is 69.4. The van der Waals surface area contributed by atoms with Gasteiger partial charge < -0.3 is 14.5 Å². The van der Waals surface area contributed by atoms with E-state index in [4.69, 9.17) is 4.74 Å². The number of ether oxygens (including phenoxy) is 1. The molecule has 3 heteroatoms. The quantitative estimate of drug-likeness (QED) is 0.172. The maximum Gasteiger partial charge on any atom is 0.159 e. The van der Waals surface area contributed by atoms with Crippen LogP contribution in [0.5, 0.6) is 11.5 Å². The molecule has 2 aliphatic rings. The van der Waals surface area contributed by atoms with Gasteiger partial charge in [-0.15, -0.1) is 0 Å². The highest BCUT2D eigenvalue weighted by molar-refractivity contribution is 5.97.